The maximum atomic E-state index is 13.0. The standard InChI is InChI=1S/C21H22N4O2S/c1-15-18(4-5-19(23-15)16-7-12-28-14-16)21(26)24(2)17-3-6-20(22-13-17)25-8-10-27-11-9-25/h3-7,12-14H,8-11H2,1-2H3. The number of morpholine rings is 1. The Morgan fingerprint density at radius 1 is 1.18 bits per heavy atom. The maximum absolute atomic E-state index is 13.0. The number of amides is 1. The first-order valence-corrected chi connectivity index (χ1v) is 10.1. The highest BCUT2D eigenvalue weighted by Gasteiger charge is 2.18. The first kappa shape index (κ1) is 18.6. The zero-order chi connectivity index (χ0) is 19.5. The lowest BCUT2D eigenvalue weighted by molar-refractivity contribution is 0.0992. The molecule has 3 aromatic rings. The summed E-state index contributed by atoms with van der Waals surface area (Å²) in [5.74, 6) is 0.814. The molecule has 144 valence electrons. The third kappa shape index (κ3) is 3.76. The summed E-state index contributed by atoms with van der Waals surface area (Å²) in [6.07, 6.45) is 1.74. The molecule has 6 nitrogen and oxygen atoms in total. The Morgan fingerprint density at radius 3 is 2.64 bits per heavy atom. The second-order valence-electron chi connectivity index (χ2n) is 6.68. The quantitative estimate of drug-likeness (QED) is 0.676. The minimum Gasteiger partial charge on any atom is -0.378 e. The van der Waals surface area contributed by atoms with Crippen LogP contribution in [0.4, 0.5) is 11.5 Å². The van der Waals surface area contributed by atoms with E-state index in [0.29, 0.717) is 5.56 Å². The Kier molecular flexibility index (Phi) is 5.36. The molecule has 7 heteroatoms. The van der Waals surface area contributed by atoms with E-state index in [4.69, 9.17) is 4.74 Å². The summed E-state index contributed by atoms with van der Waals surface area (Å²) in [5.41, 5.74) is 4.03. The molecule has 1 aliphatic heterocycles. The maximum Gasteiger partial charge on any atom is 0.259 e. The Labute approximate surface area is 168 Å². The zero-order valence-corrected chi connectivity index (χ0v) is 16.8. The van der Waals surface area contributed by atoms with E-state index in [1.807, 2.05) is 42.6 Å². The molecule has 0 aliphatic carbocycles. The van der Waals surface area contributed by atoms with Crippen LogP contribution in [0.2, 0.25) is 0 Å². The van der Waals surface area contributed by atoms with Gasteiger partial charge in [-0.25, -0.2) is 4.98 Å². The van der Waals surface area contributed by atoms with Gasteiger partial charge in [-0.3, -0.25) is 9.78 Å². The summed E-state index contributed by atoms with van der Waals surface area (Å²) < 4.78 is 5.38. The van der Waals surface area contributed by atoms with Gasteiger partial charge >= 0.3 is 0 Å². The molecule has 0 bridgehead atoms. The third-order valence-corrected chi connectivity index (χ3v) is 5.58. The van der Waals surface area contributed by atoms with Gasteiger partial charge in [0.1, 0.15) is 5.82 Å². The van der Waals surface area contributed by atoms with Gasteiger partial charge in [-0.05, 0) is 42.6 Å². The molecule has 0 radical (unpaired) electrons. The molecular formula is C21H22N4O2S. The number of carbonyl (C=O) groups excluding carboxylic acids is 1. The largest absolute Gasteiger partial charge is 0.378 e. The molecule has 1 fully saturated rings. The SMILES string of the molecule is Cc1nc(-c2ccsc2)ccc1C(=O)N(C)c1ccc(N2CCOCC2)nc1. The molecule has 0 unspecified atom stereocenters. The second kappa shape index (κ2) is 8.08. The van der Waals surface area contributed by atoms with Gasteiger partial charge in [0.05, 0.1) is 42.0 Å². The number of pyridine rings is 2. The van der Waals surface area contributed by atoms with Crippen LogP contribution in [0.5, 0.6) is 0 Å². The zero-order valence-electron chi connectivity index (χ0n) is 16.0. The molecule has 0 saturated carbocycles. The van der Waals surface area contributed by atoms with E-state index < -0.39 is 0 Å². The number of thiophene rings is 1. The van der Waals surface area contributed by atoms with Gasteiger partial charge in [0.2, 0.25) is 0 Å². The fraction of sp³-hybridized carbons (Fsp3) is 0.286. The van der Waals surface area contributed by atoms with E-state index >= 15 is 0 Å². The van der Waals surface area contributed by atoms with Gasteiger partial charge in [-0.15, -0.1) is 0 Å². The number of aromatic nitrogens is 2. The highest BCUT2D eigenvalue weighted by atomic mass is 32.1. The molecule has 28 heavy (non-hydrogen) atoms. The molecule has 0 aromatic carbocycles. The van der Waals surface area contributed by atoms with Crippen molar-refractivity contribution < 1.29 is 9.53 Å². The minimum atomic E-state index is -0.0946. The Morgan fingerprint density at radius 2 is 2.00 bits per heavy atom. The number of aryl methyl sites for hydroxylation is 1. The van der Waals surface area contributed by atoms with Crippen molar-refractivity contribution in [3.63, 3.8) is 0 Å². The summed E-state index contributed by atoms with van der Waals surface area (Å²) in [6, 6.07) is 9.66. The van der Waals surface area contributed by atoms with Crippen molar-refractivity contribution in [2.24, 2.45) is 0 Å². The first-order valence-electron chi connectivity index (χ1n) is 9.20. The summed E-state index contributed by atoms with van der Waals surface area (Å²) in [4.78, 5) is 25.9. The number of ether oxygens (including phenoxy) is 1. The number of hydrogen-bond donors (Lipinski definition) is 0. The van der Waals surface area contributed by atoms with Crippen molar-refractivity contribution in [2.45, 2.75) is 6.92 Å². The lowest BCUT2D eigenvalue weighted by Crippen LogP contribution is -2.36. The van der Waals surface area contributed by atoms with E-state index in [1.54, 1.807) is 29.5 Å². The number of anilines is 2. The van der Waals surface area contributed by atoms with Crippen LogP contribution in [0, 0.1) is 6.92 Å². The summed E-state index contributed by atoms with van der Waals surface area (Å²) in [5, 5.41) is 4.07. The third-order valence-electron chi connectivity index (χ3n) is 4.89. The predicted octanol–water partition coefficient (Wildman–Crippen LogP) is 3.63. The lowest BCUT2D eigenvalue weighted by atomic mass is 10.1. The number of hydrogen-bond acceptors (Lipinski definition) is 6. The topological polar surface area (TPSA) is 58.6 Å². The van der Waals surface area contributed by atoms with Crippen LogP contribution < -0.4 is 9.80 Å². The molecule has 3 aromatic heterocycles. The van der Waals surface area contributed by atoms with Crippen LogP contribution in [0.3, 0.4) is 0 Å². The van der Waals surface area contributed by atoms with Gasteiger partial charge in [0.25, 0.3) is 5.91 Å². The van der Waals surface area contributed by atoms with E-state index in [2.05, 4.69) is 20.2 Å². The second-order valence-corrected chi connectivity index (χ2v) is 7.46. The molecule has 0 atom stereocenters. The molecule has 0 N–H and O–H groups in total. The van der Waals surface area contributed by atoms with Crippen LogP contribution in [0.15, 0.2) is 47.3 Å². The Hall–Kier alpha value is -2.77. The predicted molar refractivity (Wildman–Crippen MR) is 112 cm³/mol. The fourth-order valence-electron chi connectivity index (χ4n) is 3.21. The van der Waals surface area contributed by atoms with Crippen molar-refractivity contribution in [1.82, 2.24) is 9.97 Å². The smallest absolute Gasteiger partial charge is 0.259 e. The summed E-state index contributed by atoms with van der Waals surface area (Å²) in [7, 11) is 1.76. The number of carbonyl (C=O) groups is 1. The minimum absolute atomic E-state index is 0.0946. The average molecular weight is 395 g/mol. The van der Waals surface area contributed by atoms with E-state index in [-0.39, 0.29) is 5.91 Å². The van der Waals surface area contributed by atoms with E-state index in [0.717, 1.165) is 54.8 Å². The van der Waals surface area contributed by atoms with Crippen molar-refractivity contribution in [3.05, 3.63) is 58.5 Å². The van der Waals surface area contributed by atoms with Crippen molar-refractivity contribution in [2.75, 3.05) is 43.2 Å². The van der Waals surface area contributed by atoms with Crippen LogP contribution in [0.25, 0.3) is 11.3 Å². The van der Waals surface area contributed by atoms with Crippen molar-refractivity contribution in [3.8, 4) is 11.3 Å². The highest BCUT2D eigenvalue weighted by Crippen LogP contribution is 2.24. The van der Waals surface area contributed by atoms with Crippen LogP contribution in [-0.2, 0) is 4.74 Å². The van der Waals surface area contributed by atoms with Crippen LogP contribution in [-0.4, -0.2) is 49.2 Å². The summed E-state index contributed by atoms with van der Waals surface area (Å²) in [6.45, 7) is 4.98. The monoisotopic (exact) mass is 394 g/mol. The van der Waals surface area contributed by atoms with Gasteiger partial charge in [-0.2, -0.15) is 11.3 Å². The fourth-order valence-corrected chi connectivity index (χ4v) is 3.86. The molecular weight excluding hydrogens is 372 g/mol. The van der Waals surface area contributed by atoms with Crippen LogP contribution >= 0.6 is 11.3 Å². The molecule has 4 heterocycles. The van der Waals surface area contributed by atoms with Gasteiger partial charge < -0.3 is 14.5 Å². The number of rotatable bonds is 4. The Balaban J connectivity index is 1.51. The molecule has 1 saturated heterocycles. The molecule has 4 rings (SSSR count). The van der Waals surface area contributed by atoms with Crippen molar-refractivity contribution >= 4 is 28.7 Å². The Bertz CT molecular complexity index is 951. The lowest BCUT2D eigenvalue weighted by Gasteiger charge is -2.28. The van der Waals surface area contributed by atoms with Gasteiger partial charge in [0.15, 0.2) is 0 Å². The highest BCUT2D eigenvalue weighted by molar-refractivity contribution is 7.08. The summed E-state index contributed by atoms with van der Waals surface area (Å²) >= 11 is 1.63. The molecule has 0 spiro atoms. The van der Waals surface area contributed by atoms with Gasteiger partial charge in [0, 0.05) is 31.1 Å². The van der Waals surface area contributed by atoms with Gasteiger partial charge in [-0.1, -0.05) is 0 Å². The first-order chi connectivity index (χ1) is 13.6. The molecule has 1 amide bonds. The number of nitrogens with zero attached hydrogens (tertiary/aromatic N) is 4. The van der Waals surface area contributed by atoms with Crippen LogP contribution in [0.1, 0.15) is 16.1 Å². The van der Waals surface area contributed by atoms with E-state index in [9.17, 15) is 4.79 Å². The van der Waals surface area contributed by atoms with Crippen molar-refractivity contribution in [1.29, 1.82) is 0 Å². The normalized spacial score (nSPS) is 14.1. The molecule has 1 aliphatic rings. The van der Waals surface area contributed by atoms with E-state index in [1.165, 1.54) is 0 Å². The average Bonchev–Trinajstić information content (AvgIpc) is 3.28.